The maximum Gasteiger partial charge on any atom is 0.338 e. The lowest BCUT2D eigenvalue weighted by Crippen LogP contribution is -2.29. The molecule has 0 fully saturated rings. The molecule has 3 rings (SSSR count). The van der Waals surface area contributed by atoms with Crippen molar-refractivity contribution in [3.63, 3.8) is 0 Å². The van der Waals surface area contributed by atoms with Crippen molar-refractivity contribution in [2.45, 2.75) is 23.1 Å². The molecular formula is C19H17NO6S. The van der Waals surface area contributed by atoms with Gasteiger partial charge in [0.05, 0.1) is 15.4 Å². The van der Waals surface area contributed by atoms with Crippen LogP contribution in [0.25, 0.3) is 0 Å². The number of benzene rings is 2. The van der Waals surface area contributed by atoms with Crippen LogP contribution in [-0.2, 0) is 19.4 Å². The van der Waals surface area contributed by atoms with Crippen molar-refractivity contribution in [3.05, 3.63) is 59.2 Å². The number of ether oxygens (including phenoxy) is 1. The third-order valence-electron chi connectivity index (χ3n) is 4.08. The second-order valence-corrected chi connectivity index (χ2v) is 7.85. The molecule has 1 aliphatic heterocycles. The van der Waals surface area contributed by atoms with E-state index < -0.39 is 34.1 Å². The van der Waals surface area contributed by atoms with Crippen LogP contribution >= 0.6 is 0 Å². The van der Waals surface area contributed by atoms with E-state index in [0.717, 1.165) is 12.5 Å². The summed E-state index contributed by atoms with van der Waals surface area (Å²) in [6.07, 6.45) is 0.748. The normalized spacial score (nSPS) is 14.0. The summed E-state index contributed by atoms with van der Waals surface area (Å²) in [5.41, 5.74) is 0.0617. The van der Waals surface area contributed by atoms with Crippen LogP contribution in [0.2, 0.25) is 0 Å². The number of ketones is 1. The lowest BCUT2D eigenvalue weighted by Gasteiger charge is -2.19. The van der Waals surface area contributed by atoms with E-state index in [1.54, 1.807) is 6.07 Å². The van der Waals surface area contributed by atoms with Gasteiger partial charge in [-0.15, -0.1) is 0 Å². The molecule has 0 aliphatic carbocycles. The fourth-order valence-corrected chi connectivity index (χ4v) is 4.42. The number of hydrogen-bond donors (Lipinski definition) is 1. The minimum atomic E-state index is -3.94. The Morgan fingerprint density at radius 3 is 2.48 bits per heavy atom. The van der Waals surface area contributed by atoms with Gasteiger partial charge in [0.2, 0.25) is 9.84 Å². The van der Waals surface area contributed by atoms with Crippen molar-refractivity contribution < 1.29 is 27.5 Å². The van der Waals surface area contributed by atoms with Crippen LogP contribution in [0.15, 0.2) is 52.3 Å². The summed E-state index contributed by atoms with van der Waals surface area (Å²) in [7, 11) is -3.94. The van der Waals surface area contributed by atoms with Crippen molar-refractivity contribution >= 4 is 27.5 Å². The van der Waals surface area contributed by atoms with E-state index in [1.165, 1.54) is 30.3 Å². The van der Waals surface area contributed by atoms with Crippen molar-refractivity contribution in [2.24, 2.45) is 0 Å². The molecule has 1 N–H and O–H groups in total. The van der Waals surface area contributed by atoms with Crippen LogP contribution in [0.3, 0.4) is 0 Å². The first-order chi connectivity index (χ1) is 12.9. The first-order valence-corrected chi connectivity index (χ1v) is 9.81. The van der Waals surface area contributed by atoms with Gasteiger partial charge in [-0.05, 0) is 36.8 Å². The third kappa shape index (κ3) is 3.48. The quantitative estimate of drug-likeness (QED) is 0.669. The lowest BCUT2D eigenvalue weighted by molar-refractivity contribution is -0.124. The molecule has 2 aromatic rings. The summed E-state index contributed by atoms with van der Waals surface area (Å²) in [5.74, 6) is -1.71. The molecule has 2 aromatic carbocycles. The first kappa shape index (κ1) is 18.8. The SMILES string of the molecule is CCCNC(=O)COC(=O)c1ccc2c(c1)S(=O)(=O)c1ccccc1C2=O. The van der Waals surface area contributed by atoms with Gasteiger partial charge in [-0.3, -0.25) is 9.59 Å². The number of esters is 1. The maximum absolute atomic E-state index is 12.8. The first-order valence-electron chi connectivity index (χ1n) is 8.33. The molecule has 8 heteroatoms. The molecular weight excluding hydrogens is 370 g/mol. The van der Waals surface area contributed by atoms with Gasteiger partial charge in [0.1, 0.15) is 0 Å². The minimum absolute atomic E-state index is 0.00550. The Balaban J connectivity index is 1.89. The highest BCUT2D eigenvalue weighted by Gasteiger charge is 2.35. The molecule has 1 heterocycles. The number of carbonyl (C=O) groups is 3. The van der Waals surface area contributed by atoms with E-state index >= 15 is 0 Å². The summed E-state index contributed by atoms with van der Waals surface area (Å²) < 4.78 is 30.6. The predicted octanol–water partition coefficient (Wildman–Crippen LogP) is 1.75. The molecule has 0 unspecified atom stereocenters. The Bertz CT molecular complexity index is 1040. The second-order valence-electron chi connectivity index (χ2n) is 5.97. The highest BCUT2D eigenvalue weighted by atomic mass is 32.2. The number of hydrogen-bond acceptors (Lipinski definition) is 6. The molecule has 7 nitrogen and oxygen atoms in total. The Morgan fingerprint density at radius 2 is 1.74 bits per heavy atom. The lowest BCUT2D eigenvalue weighted by atomic mass is 10.0. The standard InChI is InChI=1S/C19H17NO6S/c1-2-9-20-17(21)11-26-19(23)12-7-8-14-16(10-12)27(24,25)15-6-4-3-5-13(15)18(14)22/h3-8,10H,2,9,11H2,1H3,(H,20,21). The average Bonchev–Trinajstić information content (AvgIpc) is 2.68. The number of amides is 1. The third-order valence-corrected chi connectivity index (χ3v) is 5.93. The van der Waals surface area contributed by atoms with Crippen molar-refractivity contribution in [1.82, 2.24) is 5.32 Å². The highest BCUT2D eigenvalue weighted by Crippen LogP contribution is 2.34. The predicted molar refractivity (Wildman–Crippen MR) is 95.4 cm³/mol. The van der Waals surface area contributed by atoms with E-state index in [-0.39, 0.29) is 26.5 Å². The smallest absolute Gasteiger partial charge is 0.338 e. The summed E-state index contributed by atoms with van der Waals surface area (Å²) in [5, 5.41) is 2.56. The second kappa shape index (κ2) is 7.32. The summed E-state index contributed by atoms with van der Waals surface area (Å²) in [6, 6.07) is 9.65. The number of sulfone groups is 1. The van der Waals surface area contributed by atoms with Crippen molar-refractivity contribution in [2.75, 3.05) is 13.2 Å². The zero-order valence-corrected chi connectivity index (χ0v) is 15.3. The van der Waals surface area contributed by atoms with E-state index in [9.17, 15) is 22.8 Å². The fourth-order valence-electron chi connectivity index (χ4n) is 2.74. The van der Waals surface area contributed by atoms with Gasteiger partial charge in [0.15, 0.2) is 12.4 Å². The fraction of sp³-hybridized carbons (Fsp3) is 0.211. The molecule has 1 amide bonds. The Labute approximate surface area is 156 Å². The molecule has 0 aromatic heterocycles. The average molecular weight is 387 g/mol. The van der Waals surface area contributed by atoms with Crippen LogP contribution < -0.4 is 5.32 Å². The molecule has 0 spiro atoms. The zero-order valence-electron chi connectivity index (χ0n) is 14.5. The van der Waals surface area contributed by atoms with Gasteiger partial charge in [-0.2, -0.15) is 0 Å². The molecule has 0 bridgehead atoms. The maximum atomic E-state index is 12.8. The topological polar surface area (TPSA) is 107 Å². The van der Waals surface area contributed by atoms with E-state index in [2.05, 4.69) is 5.32 Å². The zero-order chi connectivity index (χ0) is 19.6. The molecule has 140 valence electrons. The van der Waals surface area contributed by atoms with Crippen molar-refractivity contribution in [3.8, 4) is 0 Å². The number of fused-ring (bicyclic) bond motifs is 2. The van der Waals surface area contributed by atoms with E-state index in [1.807, 2.05) is 6.92 Å². The van der Waals surface area contributed by atoms with Crippen LogP contribution in [-0.4, -0.2) is 39.2 Å². The van der Waals surface area contributed by atoms with Gasteiger partial charge in [0.25, 0.3) is 5.91 Å². The molecule has 0 atom stereocenters. The molecule has 0 saturated heterocycles. The van der Waals surface area contributed by atoms with E-state index in [4.69, 9.17) is 4.74 Å². The molecule has 27 heavy (non-hydrogen) atoms. The van der Waals surface area contributed by atoms with Crippen LogP contribution in [0, 0.1) is 0 Å². The Morgan fingerprint density at radius 1 is 1.04 bits per heavy atom. The number of carbonyl (C=O) groups excluding carboxylic acids is 3. The van der Waals surface area contributed by atoms with E-state index in [0.29, 0.717) is 6.54 Å². The van der Waals surface area contributed by atoms with Gasteiger partial charge < -0.3 is 10.1 Å². The molecule has 0 saturated carbocycles. The molecule has 0 radical (unpaired) electrons. The summed E-state index contributed by atoms with van der Waals surface area (Å²) >= 11 is 0. The van der Waals surface area contributed by atoms with Gasteiger partial charge >= 0.3 is 5.97 Å². The largest absolute Gasteiger partial charge is 0.452 e. The molecule has 1 aliphatic rings. The summed E-state index contributed by atoms with van der Waals surface area (Å²) in [4.78, 5) is 35.9. The monoisotopic (exact) mass is 387 g/mol. The summed E-state index contributed by atoms with van der Waals surface area (Å²) in [6.45, 7) is 1.89. The van der Waals surface area contributed by atoms with Crippen LogP contribution in [0.1, 0.15) is 39.6 Å². The van der Waals surface area contributed by atoms with Gasteiger partial charge in [-0.25, -0.2) is 13.2 Å². The van der Waals surface area contributed by atoms with Crippen LogP contribution in [0.4, 0.5) is 0 Å². The number of nitrogens with one attached hydrogen (secondary N) is 1. The Hall–Kier alpha value is -3.00. The van der Waals surface area contributed by atoms with Gasteiger partial charge in [-0.1, -0.05) is 19.1 Å². The van der Waals surface area contributed by atoms with Crippen molar-refractivity contribution in [1.29, 1.82) is 0 Å². The van der Waals surface area contributed by atoms with Gasteiger partial charge in [0, 0.05) is 17.7 Å². The number of rotatable bonds is 5. The highest BCUT2D eigenvalue weighted by molar-refractivity contribution is 7.91. The minimum Gasteiger partial charge on any atom is -0.452 e. The Kier molecular flexibility index (Phi) is 5.09. The van der Waals surface area contributed by atoms with Crippen LogP contribution in [0.5, 0.6) is 0 Å².